The van der Waals surface area contributed by atoms with Crippen LogP contribution >= 0.6 is 0 Å². The van der Waals surface area contributed by atoms with Crippen LogP contribution in [0.3, 0.4) is 0 Å². The number of carbonyl (C=O) groups is 1. The van der Waals surface area contributed by atoms with Crippen LogP contribution < -0.4 is 14.8 Å². The Labute approximate surface area is 164 Å². The summed E-state index contributed by atoms with van der Waals surface area (Å²) in [6, 6.07) is 7.34. The van der Waals surface area contributed by atoms with Crippen LogP contribution in [0.4, 0.5) is 14.5 Å². The van der Waals surface area contributed by atoms with Crippen LogP contribution in [0.1, 0.15) is 6.92 Å². The van der Waals surface area contributed by atoms with Crippen LogP contribution in [-0.2, 0) is 14.8 Å². The van der Waals surface area contributed by atoms with Crippen LogP contribution in [-0.4, -0.2) is 38.4 Å². The lowest BCUT2D eigenvalue weighted by Crippen LogP contribution is -2.40. The molecule has 1 amide bonds. The topological polar surface area (TPSA) is 128 Å². The molecule has 1 unspecified atom stereocenters. The van der Waals surface area contributed by atoms with Gasteiger partial charge in [-0.3, -0.25) is 14.9 Å². The van der Waals surface area contributed by atoms with E-state index >= 15 is 0 Å². The zero-order valence-electron chi connectivity index (χ0n) is 15.1. The maximum Gasteiger partial charge on any atom is 0.270 e. The molecule has 0 spiro atoms. The van der Waals surface area contributed by atoms with Gasteiger partial charge in [-0.25, -0.2) is 21.9 Å². The number of sulfonamides is 1. The minimum Gasteiger partial charge on any atom is -0.481 e. The lowest BCUT2D eigenvalue weighted by molar-refractivity contribution is -0.385. The number of hydrogen-bond acceptors (Lipinski definition) is 6. The first-order valence-corrected chi connectivity index (χ1v) is 9.72. The molecule has 0 bridgehead atoms. The van der Waals surface area contributed by atoms with E-state index in [1.54, 1.807) is 0 Å². The molecule has 0 radical (unpaired) electrons. The highest BCUT2D eigenvalue weighted by atomic mass is 32.2. The third-order valence-corrected chi connectivity index (χ3v) is 5.09. The summed E-state index contributed by atoms with van der Waals surface area (Å²) in [6.45, 7) is 1.09. The van der Waals surface area contributed by atoms with Gasteiger partial charge in [-0.05, 0) is 25.1 Å². The molecule has 2 N–H and O–H groups in total. The van der Waals surface area contributed by atoms with Gasteiger partial charge in [-0.2, -0.15) is 0 Å². The third kappa shape index (κ3) is 6.19. The summed E-state index contributed by atoms with van der Waals surface area (Å²) >= 11 is 0. The van der Waals surface area contributed by atoms with Gasteiger partial charge in [0, 0.05) is 31.3 Å². The number of halogens is 2. The highest BCUT2D eigenvalue weighted by Gasteiger charge is 2.18. The summed E-state index contributed by atoms with van der Waals surface area (Å²) in [5.41, 5.74) is -0.371. The average molecular weight is 429 g/mol. The predicted molar refractivity (Wildman–Crippen MR) is 97.7 cm³/mol. The normalized spacial score (nSPS) is 12.2. The highest BCUT2D eigenvalue weighted by Crippen LogP contribution is 2.17. The van der Waals surface area contributed by atoms with Crippen molar-refractivity contribution in [2.45, 2.75) is 17.9 Å². The molecule has 0 aliphatic carbocycles. The summed E-state index contributed by atoms with van der Waals surface area (Å²) in [6.07, 6.45) is -1.05. The number of hydrogen-bond donors (Lipinski definition) is 2. The quantitative estimate of drug-likeness (QED) is 0.355. The van der Waals surface area contributed by atoms with Crippen molar-refractivity contribution in [2.24, 2.45) is 0 Å². The Hall–Kier alpha value is -3.12. The fourth-order valence-electron chi connectivity index (χ4n) is 2.17. The lowest BCUT2D eigenvalue weighted by atomic mass is 10.3. The Bertz CT molecular complexity index is 1020. The summed E-state index contributed by atoms with van der Waals surface area (Å²) in [7, 11) is -4.01. The molecule has 1 atom stereocenters. The first kappa shape index (κ1) is 22.2. The van der Waals surface area contributed by atoms with Crippen molar-refractivity contribution in [3.63, 3.8) is 0 Å². The number of nitrogens with one attached hydrogen (secondary N) is 2. The minimum atomic E-state index is -4.01. The van der Waals surface area contributed by atoms with E-state index in [0.717, 1.165) is 30.3 Å². The minimum absolute atomic E-state index is 0.0436. The van der Waals surface area contributed by atoms with E-state index in [0.29, 0.717) is 0 Å². The monoisotopic (exact) mass is 429 g/mol. The number of carbonyl (C=O) groups excluding carboxylic acids is 1. The molecule has 156 valence electrons. The fourth-order valence-corrected chi connectivity index (χ4v) is 3.24. The molecule has 9 nitrogen and oxygen atoms in total. The van der Waals surface area contributed by atoms with Gasteiger partial charge in [0.25, 0.3) is 11.6 Å². The Balaban J connectivity index is 1.84. The smallest absolute Gasteiger partial charge is 0.270 e. The van der Waals surface area contributed by atoms with Gasteiger partial charge in [0.05, 0.1) is 9.82 Å². The standard InChI is InChI=1S/C17H17F2N3O6S/c1-11(28-13-5-6-15(18)16(19)10-13)17(23)20-7-8-21-29(26,27)14-4-2-3-12(9-14)22(24)25/h2-6,9-11,21H,7-8H2,1H3,(H,20,23). The Morgan fingerprint density at radius 2 is 1.90 bits per heavy atom. The zero-order chi connectivity index (χ0) is 21.6. The molecule has 0 saturated heterocycles. The number of nitrogens with zero attached hydrogens (tertiary/aromatic N) is 1. The van der Waals surface area contributed by atoms with Gasteiger partial charge >= 0.3 is 0 Å². The van der Waals surface area contributed by atoms with Crippen LogP contribution in [0.2, 0.25) is 0 Å². The molecule has 0 aliphatic rings. The van der Waals surface area contributed by atoms with Gasteiger partial charge < -0.3 is 10.1 Å². The average Bonchev–Trinajstić information content (AvgIpc) is 2.68. The molecular weight excluding hydrogens is 412 g/mol. The van der Waals surface area contributed by atoms with Gasteiger partial charge in [-0.1, -0.05) is 6.07 Å². The van der Waals surface area contributed by atoms with Crippen LogP contribution in [0.15, 0.2) is 47.4 Å². The van der Waals surface area contributed by atoms with Crippen LogP contribution in [0.5, 0.6) is 5.75 Å². The van der Waals surface area contributed by atoms with E-state index < -0.39 is 38.6 Å². The van der Waals surface area contributed by atoms with Gasteiger partial charge in [0.1, 0.15) is 5.75 Å². The number of ether oxygens (including phenoxy) is 1. The second kappa shape index (κ2) is 9.39. The molecule has 0 aromatic heterocycles. The maximum absolute atomic E-state index is 13.1. The lowest BCUT2D eigenvalue weighted by Gasteiger charge is -2.15. The molecule has 12 heteroatoms. The molecular formula is C17H17F2N3O6S. The Morgan fingerprint density at radius 1 is 1.17 bits per heavy atom. The van der Waals surface area contributed by atoms with Gasteiger partial charge in [0.15, 0.2) is 17.7 Å². The van der Waals surface area contributed by atoms with E-state index in [4.69, 9.17) is 4.74 Å². The predicted octanol–water partition coefficient (Wildman–Crippen LogP) is 1.73. The molecule has 0 fully saturated rings. The van der Waals surface area contributed by atoms with Crippen LogP contribution in [0.25, 0.3) is 0 Å². The molecule has 2 aromatic carbocycles. The number of nitro groups is 1. The zero-order valence-corrected chi connectivity index (χ0v) is 15.9. The number of rotatable bonds is 9. The van der Waals surface area contributed by atoms with Crippen molar-refractivity contribution in [1.82, 2.24) is 10.0 Å². The molecule has 2 aromatic rings. The number of non-ortho nitro benzene ring substituents is 1. The number of nitro benzene ring substituents is 1. The van der Waals surface area contributed by atoms with E-state index in [9.17, 15) is 32.1 Å². The van der Waals surface area contributed by atoms with Crippen molar-refractivity contribution in [3.05, 3.63) is 64.2 Å². The summed E-state index contributed by atoms with van der Waals surface area (Å²) in [5.74, 6) is -2.82. The number of amides is 1. The van der Waals surface area contributed by atoms with E-state index in [1.165, 1.54) is 19.1 Å². The maximum atomic E-state index is 13.1. The van der Waals surface area contributed by atoms with Crippen molar-refractivity contribution >= 4 is 21.6 Å². The first-order chi connectivity index (χ1) is 13.6. The van der Waals surface area contributed by atoms with E-state index in [-0.39, 0.29) is 29.4 Å². The molecule has 2 rings (SSSR count). The largest absolute Gasteiger partial charge is 0.481 e. The van der Waals surface area contributed by atoms with Crippen molar-refractivity contribution in [3.8, 4) is 5.75 Å². The van der Waals surface area contributed by atoms with Gasteiger partial charge in [-0.15, -0.1) is 0 Å². The molecule has 0 saturated carbocycles. The summed E-state index contributed by atoms with van der Waals surface area (Å²) in [4.78, 5) is 21.7. The molecule has 29 heavy (non-hydrogen) atoms. The Kier molecular flexibility index (Phi) is 7.18. The Morgan fingerprint density at radius 3 is 2.55 bits per heavy atom. The third-order valence-electron chi connectivity index (χ3n) is 3.63. The van der Waals surface area contributed by atoms with Crippen molar-refractivity contribution < 1.29 is 31.7 Å². The summed E-state index contributed by atoms with van der Waals surface area (Å²) < 4.78 is 57.7. The molecule has 0 aliphatic heterocycles. The van der Waals surface area contributed by atoms with Crippen LogP contribution in [0, 0.1) is 21.7 Å². The first-order valence-electron chi connectivity index (χ1n) is 8.23. The van der Waals surface area contributed by atoms with Crippen molar-refractivity contribution in [1.29, 1.82) is 0 Å². The van der Waals surface area contributed by atoms with Crippen molar-refractivity contribution in [2.75, 3.05) is 13.1 Å². The fraction of sp³-hybridized carbons (Fsp3) is 0.235. The van der Waals surface area contributed by atoms with E-state index in [2.05, 4.69) is 10.0 Å². The summed E-state index contributed by atoms with van der Waals surface area (Å²) in [5, 5.41) is 13.2. The second-order valence-corrected chi connectivity index (χ2v) is 7.55. The number of benzene rings is 2. The molecule has 0 heterocycles. The van der Waals surface area contributed by atoms with Gasteiger partial charge in [0.2, 0.25) is 10.0 Å². The SMILES string of the molecule is CC(Oc1ccc(F)c(F)c1)C(=O)NCCNS(=O)(=O)c1cccc([N+](=O)[O-])c1. The second-order valence-electron chi connectivity index (χ2n) is 5.78. The highest BCUT2D eigenvalue weighted by molar-refractivity contribution is 7.89. The van der Waals surface area contributed by atoms with E-state index in [1.807, 2.05) is 0 Å².